The Balaban J connectivity index is 0.00000420. The number of nitrogen functional groups attached to an aromatic ring is 1. The van der Waals surface area contributed by atoms with Crippen molar-refractivity contribution < 1.29 is 22.7 Å². The lowest BCUT2D eigenvalue weighted by atomic mass is 10.1. The van der Waals surface area contributed by atoms with Gasteiger partial charge in [0.25, 0.3) is 5.91 Å². The molecule has 160 valence electrons. The molecule has 2 rings (SSSR count). The number of carbonyl (C=O) groups excluding carboxylic acids is 1. The third kappa shape index (κ3) is 7.14. The topological polar surface area (TPSA) is 67.6 Å². The Morgan fingerprint density at radius 3 is 2.41 bits per heavy atom. The van der Waals surface area contributed by atoms with Gasteiger partial charge in [0, 0.05) is 17.8 Å². The van der Waals surface area contributed by atoms with Gasteiger partial charge in [0.15, 0.2) is 0 Å². The predicted molar refractivity (Wildman–Crippen MR) is 111 cm³/mol. The fourth-order valence-corrected chi connectivity index (χ4v) is 2.66. The molecule has 0 bridgehead atoms. The van der Waals surface area contributed by atoms with Crippen molar-refractivity contribution in [3.05, 3.63) is 53.6 Å². The summed E-state index contributed by atoms with van der Waals surface area (Å²) in [5, 5.41) is 2.60. The Kier molecular flexibility index (Phi) is 9.26. The Labute approximate surface area is 174 Å². The Morgan fingerprint density at radius 2 is 1.79 bits per heavy atom. The Hall–Kier alpha value is -2.45. The second-order valence-corrected chi connectivity index (χ2v) is 6.17. The Bertz CT molecular complexity index is 812. The molecule has 0 radical (unpaired) electrons. The average molecular weight is 432 g/mol. The van der Waals surface area contributed by atoms with E-state index in [2.05, 4.69) is 24.1 Å². The summed E-state index contributed by atoms with van der Waals surface area (Å²) in [6.07, 6.45) is -4.59. The molecule has 0 aromatic heterocycles. The van der Waals surface area contributed by atoms with E-state index in [1.807, 2.05) is 0 Å². The number of anilines is 2. The molecule has 29 heavy (non-hydrogen) atoms. The lowest BCUT2D eigenvalue weighted by Gasteiger charge is -2.19. The summed E-state index contributed by atoms with van der Waals surface area (Å²) in [5.41, 5.74) is 4.62. The van der Waals surface area contributed by atoms with Crippen LogP contribution in [-0.4, -0.2) is 37.0 Å². The van der Waals surface area contributed by atoms with Crippen molar-refractivity contribution in [1.29, 1.82) is 0 Å². The summed E-state index contributed by atoms with van der Waals surface area (Å²) in [6, 6.07) is 9.54. The van der Waals surface area contributed by atoms with Crippen molar-refractivity contribution in [2.75, 3.05) is 37.3 Å². The molecule has 0 aliphatic heterocycles. The molecule has 9 heteroatoms. The number of ether oxygens (including phenoxy) is 1. The maximum Gasteiger partial charge on any atom is 0.416 e. The van der Waals surface area contributed by atoms with Crippen molar-refractivity contribution in [2.45, 2.75) is 20.0 Å². The SMILES string of the molecule is CCN(CC)CCOc1ccccc1NC(=O)c1cc(N)cc(C(F)(F)F)c1.Cl. The van der Waals surface area contributed by atoms with E-state index in [9.17, 15) is 18.0 Å². The van der Waals surface area contributed by atoms with Gasteiger partial charge in [0.1, 0.15) is 12.4 Å². The fourth-order valence-electron chi connectivity index (χ4n) is 2.66. The first-order chi connectivity index (χ1) is 13.2. The van der Waals surface area contributed by atoms with E-state index in [1.165, 1.54) is 6.07 Å². The van der Waals surface area contributed by atoms with Crippen LogP contribution < -0.4 is 15.8 Å². The van der Waals surface area contributed by atoms with Crippen LogP contribution in [0.2, 0.25) is 0 Å². The van der Waals surface area contributed by atoms with Crippen molar-refractivity contribution in [3.8, 4) is 5.75 Å². The van der Waals surface area contributed by atoms with Crippen molar-refractivity contribution in [3.63, 3.8) is 0 Å². The van der Waals surface area contributed by atoms with Crippen LogP contribution in [0.25, 0.3) is 0 Å². The lowest BCUT2D eigenvalue weighted by molar-refractivity contribution is -0.137. The minimum atomic E-state index is -4.59. The molecular weight excluding hydrogens is 407 g/mol. The van der Waals surface area contributed by atoms with Gasteiger partial charge in [-0.3, -0.25) is 4.79 Å². The quantitative estimate of drug-likeness (QED) is 0.595. The van der Waals surface area contributed by atoms with E-state index in [0.29, 0.717) is 18.0 Å². The number of nitrogens with zero attached hydrogens (tertiary/aromatic N) is 1. The molecule has 5 nitrogen and oxygen atoms in total. The number of nitrogens with one attached hydrogen (secondary N) is 1. The summed E-state index contributed by atoms with van der Waals surface area (Å²) in [6.45, 7) is 7.05. The van der Waals surface area contributed by atoms with E-state index < -0.39 is 17.6 Å². The second kappa shape index (κ2) is 10.9. The van der Waals surface area contributed by atoms with E-state index in [4.69, 9.17) is 10.5 Å². The van der Waals surface area contributed by atoms with Crippen LogP contribution in [0.1, 0.15) is 29.8 Å². The maximum absolute atomic E-state index is 13.0. The minimum Gasteiger partial charge on any atom is -0.490 e. The summed E-state index contributed by atoms with van der Waals surface area (Å²) < 4.78 is 44.6. The molecule has 0 saturated carbocycles. The van der Waals surface area contributed by atoms with Gasteiger partial charge in [0.05, 0.1) is 11.3 Å². The van der Waals surface area contributed by atoms with Gasteiger partial charge < -0.3 is 20.7 Å². The molecule has 0 aliphatic rings. The van der Waals surface area contributed by atoms with E-state index in [-0.39, 0.29) is 23.7 Å². The van der Waals surface area contributed by atoms with Gasteiger partial charge in [-0.25, -0.2) is 0 Å². The van der Waals surface area contributed by atoms with Gasteiger partial charge in [0.2, 0.25) is 0 Å². The molecule has 0 spiro atoms. The molecule has 0 saturated heterocycles. The first-order valence-corrected chi connectivity index (χ1v) is 8.97. The molecule has 0 heterocycles. The summed E-state index contributed by atoms with van der Waals surface area (Å²) in [5.74, 6) is -0.249. The van der Waals surface area contributed by atoms with Crippen molar-refractivity contribution in [1.82, 2.24) is 4.90 Å². The highest BCUT2D eigenvalue weighted by Gasteiger charge is 2.31. The number of alkyl halides is 3. The van der Waals surface area contributed by atoms with E-state index in [0.717, 1.165) is 31.8 Å². The molecule has 0 unspecified atom stereocenters. The predicted octanol–water partition coefficient (Wildman–Crippen LogP) is 4.68. The van der Waals surface area contributed by atoms with Gasteiger partial charge in [-0.15, -0.1) is 12.4 Å². The van der Waals surface area contributed by atoms with Gasteiger partial charge in [-0.1, -0.05) is 26.0 Å². The Morgan fingerprint density at radius 1 is 1.14 bits per heavy atom. The molecule has 0 fully saturated rings. The first kappa shape index (κ1) is 24.6. The van der Waals surface area contributed by atoms with Crippen LogP contribution in [0, 0.1) is 0 Å². The number of benzene rings is 2. The van der Waals surface area contributed by atoms with Gasteiger partial charge >= 0.3 is 6.18 Å². The highest BCUT2D eigenvalue weighted by Crippen LogP contribution is 2.32. The summed E-state index contributed by atoms with van der Waals surface area (Å²) in [4.78, 5) is 14.7. The smallest absolute Gasteiger partial charge is 0.416 e. The molecular formula is C20H25ClF3N3O2. The minimum absolute atomic E-state index is 0. The first-order valence-electron chi connectivity index (χ1n) is 8.97. The number of rotatable bonds is 8. The molecule has 3 N–H and O–H groups in total. The van der Waals surface area contributed by atoms with Crippen LogP contribution >= 0.6 is 12.4 Å². The zero-order valence-corrected chi connectivity index (χ0v) is 17.1. The maximum atomic E-state index is 13.0. The van der Waals surface area contributed by atoms with E-state index >= 15 is 0 Å². The summed E-state index contributed by atoms with van der Waals surface area (Å²) in [7, 11) is 0. The van der Waals surface area contributed by atoms with Crippen molar-refractivity contribution >= 4 is 29.7 Å². The number of hydrogen-bond acceptors (Lipinski definition) is 4. The lowest BCUT2D eigenvalue weighted by Crippen LogP contribution is -2.28. The fraction of sp³-hybridized carbons (Fsp3) is 0.350. The highest BCUT2D eigenvalue weighted by molar-refractivity contribution is 6.05. The zero-order valence-electron chi connectivity index (χ0n) is 16.3. The normalized spacial score (nSPS) is 11.1. The van der Waals surface area contributed by atoms with Crippen LogP contribution in [0.3, 0.4) is 0 Å². The third-order valence-corrected chi connectivity index (χ3v) is 4.24. The molecule has 0 aliphatic carbocycles. The standard InChI is InChI=1S/C20H24F3N3O2.ClH/c1-3-26(4-2)9-10-28-18-8-6-5-7-17(18)25-19(27)14-11-15(20(21,22)23)13-16(24)12-14;/h5-8,11-13H,3-4,9-10,24H2,1-2H3,(H,25,27);1H. The highest BCUT2D eigenvalue weighted by atomic mass is 35.5. The van der Waals surface area contributed by atoms with Gasteiger partial charge in [-0.05, 0) is 43.4 Å². The molecule has 0 atom stereocenters. The number of para-hydroxylation sites is 2. The number of likely N-dealkylation sites (N-methyl/N-ethyl adjacent to an activating group) is 1. The number of amides is 1. The number of nitrogens with two attached hydrogens (primary N) is 1. The number of carbonyl (C=O) groups is 1. The van der Waals surface area contributed by atoms with Crippen LogP contribution in [0.15, 0.2) is 42.5 Å². The summed E-state index contributed by atoms with van der Waals surface area (Å²) >= 11 is 0. The second-order valence-electron chi connectivity index (χ2n) is 6.17. The van der Waals surface area contributed by atoms with Crippen LogP contribution in [-0.2, 0) is 6.18 Å². The third-order valence-electron chi connectivity index (χ3n) is 4.24. The molecule has 1 amide bonds. The van der Waals surface area contributed by atoms with Gasteiger partial charge in [-0.2, -0.15) is 13.2 Å². The average Bonchev–Trinajstić information content (AvgIpc) is 2.65. The zero-order chi connectivity index (χ0) is 20.7. The van der Waals surface area contributed by atoms with Crippen LogP contribution in [0.5, 0.6) is 5.75 Å². The number of halogens is 4. The monoisotopic (exact) mass is 431 g/mol. The number of hydrogen-bond donors (Lipinski definition) is 2. The molecule has 2 aromatic rings. The van der Waals surface area contributed by atoms with Crippen molar-refractivity contribution in [2.24, 2.45) is 0 Å². The largest absolute Gasteiger partial charge is 0.490 e. The van der Waals surface area contributed by atoms with Crippen LogP contribution in [0.4, 0.5) is 24.5 Å². The van der Waals surface area contributed by atoms with E-state index in [1.54, 1.807) is 24.3 Å². The molecule has 2 aromatic carbocycles.